The molecule has 0 aromatic heterocycles. The van der Waals surface area contributed by atoms with Crippen molar-refractivity contribution in [2.24, 2.45) is 5.92 Å². The maximum Gasteiger partial charge on any atom is 0.257 e. The average Bonchev–Trinajstić information content (AvgIpc) is 2.40. The number of halogens is 1. The Morgan fingerprint density at radius 1 is 1.37 bits per heavy atom. The highest BCUT2D eigenvalue weighted by Crippen LogP contribution is 2.25. The molecule has 0 N–H and O–H groups in total. The average molecular weight is 265 g/mol. The quantitative estimate of drug-likeness (QED) is 0.822. The molecule has 0 aliphatic carbocycles. The number of carbonyl (C=O) groups excluding carboxylic acids is 1. The third kappa shape index (κ3) is 2.88. The van der Waals surface area contributed by atoms with Gasteiger partial charge in [0, 0.05) is 18.7 Å². The Hall–Kier alpha value is -1.58. The summed E-state index contributed by atoms with van der Waals surface area (Å²) in [7, 11) is 1.48. The summed E-state index contributed by atoms with van der Waals surface area (Å²) in [5.41, 5.74) is 0.127. The van der Waals surface area contributed by atoms with E-state index in [1.165, 1.54) is 19.2 Å². The minimum Gasteiger partial charge on any atom is -0.497 e. The summed E-state index contributed by atoms with van der Waals surface area (Å²) >= 11 is 0. The third-order valence-electron chi connectivity index (χ3n) is 3.79. The Morgan fingerprint density at radius 3 is 2.74 bits per heavy atom. The molecule has 0 saturated carbocycles. The van der Waals surface area contributed by atoms with Crippen molar-refractivity contribution in [1.82, 2.24) is 4.90 Å². The van der Waals surface area contributed by atoms with Gasteiger partial charge in [-0.05, 0) is 37.8 Å². The Balaban J connectivity index is 2.23. The molecule has 0 radical (unpaired) electrons. The number of amides is 1. The number of benzene rings is 1. The van der Waals surface area contributed by atoms with Crippen LogP contribution in [-0.2, 0) is 0 Å². The first kappa shape index (κ1) is 13.8. The second-order valence-electron chi connectivity index (χ2n) is 5.33. The van der Waals surface area contributed by atoms with Gasteiger partial charge in [-0.1, -0.05) is 6.92 Å². The monoisotopic (exact) mass is 265 g/mol. The molecule has 104 valence electrons. The second-order valence-corrected chi connectivity index (χ2v) is 5.33. The molecule has 2 rings (SSSR count). The Morgan fingerprint density at radius 2 is 2.11 bits per heavy atom. The molecule has 1 aliphatic rings. The summed E-state index contributed by atoms with van der Waals surface area (Å²) < 4.78 is 18.9. The van der Waals surface area contributed by atoms with E-state index in [4.69, 9.17) is 4.74 Å². The zero-order valence-electron chi connectivity index (χ0n) is 11.6. The predicted molar refractivity (Wildman–Crippen MR) is 71.8 cm³/mol. The molecular formula is C15H20FNO2. The first-order valence-corrected chi connectivity index (χ1v) is 6.67. The maximum absolute atomic E-state index is 13.9. The lowest BCUT2D eigenvalue weighted by Crippen LogP contribution is -2.45. The normalized spacial score (nSPS) is 23.3. The summed E-state index contributed by atoms with van der Waals surface area (Å²) in [5.74, 6) is 0.157. The number of rotatable bonds is 2. The lowest BCUT2D eigenvalue weighted by atomic mass is 9.94. The van der Waals surface area contributed by atoms with Gasteiger partial charge >= 0.3 is 0 Å². The molecule has 1 aromatic rings. The molecule has 1 saturated heterocycles. The topological polar surface area (TPSA) is 29.5 Å². The van der Waals surface area contributed by atoms with E-state index in [1.807, 2.05) is 6.92 Å². The number of hydrogen-bond acceptors (Lipinski definition) is 2. The van der Waals surface area contributed by atoms with Gasteiger partial charge in [0.2, 0.25) is 0 Å². The van der Waals surface area contributed by atoms with Crippen LogP contribution in [0.4, 0.5) is 4.39 Å². The van der Waals surface area contributed by atoms with Gasteiger partial charge in [0.1, 0.15) is 11.6 Å². The van der Waals surface area contributed by atoms with E-state index in [9.17, 15) is 9.18 Å². The standard InChI is InChI=1S/C15H20FNO2/c1-10-4-5-11(2)17(9-10)15(18)13-7-6-12(19-3)8-14(13)16/h6-8,10-11H,4-5,9H2,1-3H3. The van der Waals surface area contributed by atoms with Crippen LogP contribution < -0.4 is 4.74 Å². The van der Waals surface area contributed by atoms with Gasteiger partial charge in [-0.3, -0.25) is 4.79 Å². The molecule has 2 unspecified atom stereocenters. The van der Waals surface area contributed by atoms with E-state index in [0.717, 1.165) is 12.8 Å². The van der Waals surface area contributed by atoms with Gasteiger partial charge in [-0.25, -0.2) is 4.39 Å². The molecule has 3 nitrogen and oxygen atoms in total. The Labute approximate surface area is 113 Å². The van der Waals surface area contributed by atoms with Crippen LogP contribution in [-0.4, -0.2) is 30.5 Å². The van der Waals surface area contributed by atoms with E-state index in [1.54, 1.807) is 11.0 Å². The van der Waals surface area contributed by atoms with E-state index in [-0.39, 0.29) is 17.5 Å². The smallest absolute Gasteiger partial charge is 0.257 e. The number of carbonyl (C=O) groups is 1. The molecule has 1 aromatic carbocycles. The van der Waals surface area contributed by atoms with Crippen molar-refractivity contribution in [1.29, 1.82) is 0 Å². The van der Waals surface area contributed by atoms with Crippen molar-refractivity contribution < 1.29 is 13.9 Å². The number of likely N-dealkylation sites (tertiary alicyclic amines) is 1. The van der Waals surface area contributed by atoms with Gasteiger partial charge in [0.15, 0.2) is 0 Å². The Kier molecular flexibility index (Phi) is 4.08. The van der Waals surface area contributed by atoms with Crippen molar-refractivity contribution in [2.75, 3.05) is 13.7 Å². The lowest BCUT2D eigenvalue weighted by Gasteiger charge is -2.36. The van der Waals surface area contributed by atoms with Crippen LogP contribution in [0.15, 0.2) is 18.2 Å². The minimum atomic E-state index is -0.519. The molecule has 1 heterocycles. The summed E-state index contributed by atoms with van der Waals surface area (Å²) in [6.45, 7) is 4.84. The van der Waals surface area contributed by atoms with Gasteiger partial charge in [0.05, 0.1) is 12.7 Å². The van der Waals surface area contributed by atoms with Crippen molar-refractivity contribution in [3.8, 4) is 5.75 Å². The molecule has 19 heavy (non-hydrogen) atoms. The van der Waals surface area contributed by atoms with Crippen LogP contribution in [0.2, 0.25) is 0 Å². The number of hydrogen-bond donors (Lipinski definition) is 0. The fourth-order valence-electron chi connectivity index (χ4n) is 2.52. The van der Waals surface area contributed by atoms with Crippen molar-refractivity contribution in [3.63, 3.8) is 0 Å². The summed E-state index contributed by atoms with van der Waals surface area (Å²) in [4.78, 5) is 14.2. The van der Waals surface area contributed by atoms with Gasteiger partial charge in [-0.15, -0.1) is 0 Å². The SMILES string of the molecule is COc1ccc(C(=O)N2CC(C)CCC2C)c(F)c1. The van der Waals surface area contributed by atoms with E-state index >= 15 is 0 Å². The zero-order chi connectivity index (χ0) is 14.0. The third-order valence-corrected chi connectivity index (χ3v) is 3.79. The summed E-state index contributed by atoms with van der Waals surface area (Å²) in [6, 6.07) is 4.55. The summed E-state index contributed by atoms with van der Waals surface area (Å²) in [5, 5.41) is 0. The fraction of sp³-hybridized carbons (Fsp3) is 0.533. The number of piperidine rings is 1. The highest BCUT2D eigenvalue weighted by molar-refractivity contribution is 5.95. The van der Waals surface area contributed by atoms with Gasteiger partial charge < -0.3 is 9.64 Å². The first-order valence-electron chi connectivity index (χ1n) is 6.67. The highest BCUT2D eigenvalue weighted by atomic mass is 19.1. The van der Waals surface area contributed by atoms with Crippen LogP contribution in [0.5, 0.6) is 5.75 Å². The second kappa shape index (κ2) is 5.59. The minimum absolute atomic E-state index is 0.127. The van der Waals surface area contributed by atoms with Crippen LogP contribution >= 0.6 is 0 Å². The Bertz CT molecular complexity index is 475. The largest absolute Gasteiger partial charge is 0.497 e. The van der Waals surface area contributed by atoms with Crippen molar-refractivity contribution in [3.05, 3.63) is 29.6 Å². The number of nitrogens with zero attached hydrogens (tertiary/aromatic N) is 1. The van der Waals surface area contributed by atoms with Crippen LogP contribution in [0.1, 0.15) is 37.0 Å². The van der Waals surface area contributed by atoms with Crippen LogP contribution in [0.3, 0.4) is 0 Å². The molecular weight excluding hydrogens is 245 g/mol. The molecule has 0 bridgehead atoms. The van der Waals surface area contributed by atoms with Crippen molar-refractivity contribution >= 4 is 5.91 Å². The van der Waals surface area contributed by atoms with Gasteiger partial charge in [0.25, 0.3) is 5.91 Å². The van der Waals surface area contributed by atoms with Crippen LogP contribution in [0, 0.1) is 11.7 Å². The number of ether oxygens (including phenoxy) is 1. The zero-order valence-corrected chi connectivity index (χ0v) is 11.6. The fourth-order valence-corrected chi connectivity index (χ4v) is 2.52. The predicted octanol–water partition coefficient (Wildman–Crippen LogP) is 3.09. The molecule has 0 spiro atoms. The molecule has 1 fully saturated rings. The molecule has 1 amide bonds. The lowest BCUT2D eigenvalue weighted by molar-refractivity contribution is 0.0569. The van der Waals surface area contributed by atoms with E-state index in [0.29, 0.717) is 18.2 Å². The molecule has 1 aliphatic heterocycles. The number of methoxy groups -OCH3 is 1. The van der Waals surface area contributed by atoms with Crippen molar-refractivity contribution in [2.45, 2.75) is 32.7 Å². The highest BCUT2D eigenvalue weighted by Gasteiger charge is 2.29. The maximum atomic E-state index is 13.9. The molecule has 4 heteroatoms. The van der Waals surface area contributed by atoms with E-state index < -0.39 is 5.82 Å². The summed E-state index contributed by atoms with van der Waals surface area (Å²) in [6.07, 6.45) is 2.10. The van der Waals surface area contributed by atoms with E-state index in [2.05, 4.69) is 6.92 Å². The van der Waals surface area contributed by atoms with Gasteiger partial charge in [-0.2, -0.15) is 0 Å². The van der Waals surface area contributed by atoms with Crippen LogP contribution in [0.25, 0.3) is 0 Å². The first-order chi connectivity index (χ1) is 9.02. The molecule has 2 atom stereocenters.